The molecular formula is C16H27ClN2. The third-order valence-corrected chi connectivity index (χ3v) is 4.09. The summed E-state index contributed by atoms with van der Waals surface area (Å²) in [6, 6.07) is 4.64. The molecule has 0 N–H and O–H groups in total. The van der Waals surface area contributed by atoms with Gasteiger partial charge in [0.2, 0.25) is 0 Å². The Morgan fingerprint density at radius 3 is 2.42 bits per heavy atom. The molecule has 0 radical (unpaired) electrons. The maximum atomic E-state index is 6.00. The standard InChI is InChI=1S/C16H27ClN2/c1-7-8-14-9-13(11-17)10-15(18-14)19(6)12(2)16(3,4)5/h9-10,12H,7-8,11H2,1-6H3. The first-order valence-corrected chi connectivity index (χ1v) is 7.61. The minimum Gasteiger partial charge on any atom is -0.356 e. The highest BCUT2D eigenvalue weighted by molar-refractivity contribution is 6.17. The number of aromatic nitrogens is 1. The van der Waals surface area contributed by atoms with Gasteiger partial charge in [-0.15, -0.1) is 11.6 Å². The van der Waals surface area contributed by atoms with E-state index in [4.69, 9.17) is 16.6 Å². The maximum Gasteiger partial charge on any atom is 0.129 e. The first-order valence-electron chi connectivity index (χ1n) is 7.08. The van der Waals surface area contributed by atoms with E-state index in [1.807, 2.05) is 0 Å². The van der Waals surface area contributed by atoms with E-state index in [-0.39, 0.29) is 5.41 Å². The van der Waals surface area contributed by atoms with E-state index in [0.717, 1.165) is 29.9 Å². The van der Waals surface area contributed by atoms with Crippen LogP contribution in [0.4, 0.5) is 5.82 Å². The first kappa shape index (κ1) is 16.3. The molecule has 1 aromatic rings. The van der Waals surface area contributed by atoms with Crippen LogP contribution in [0.1, 0.15) is 52.3 Å². The van der Waals surface area contributed by atoms with Crippen molar-refractivity contribution < 1.29 is 0 Å². The van der Waals surface area contributed by atoms with Crippen molar-refractivity contribution in [2.24, 2.45) is 5.41 Å². The van der Waals surface area contributed by atoms with Crippen LogP contribution in [0.2, 0.25) is 0 Å². The summed E-state index contributed by atoms with van der Waals surface area (Å²) < 4.78 is 0. The zero-order valence-electron chi connectivity index (χ0n) is 13.1. The van der Waals surface area contributed by atoms with Crippen LogP contribution in [0.5, 0.6) is 0 Å². The second kappa shape index (κ2) is 6.60. The van der Waals surface area contributed by atoms with Gasteiger partial charge in [0.15, 0.2) is 0 Å². The summed E-state index contributed by atoms with van der Waals surface area (Å²) in [7, 11) is 2.12. The summed E-state index contributed by atoms with van der Waals surface area (Å²) in [5.74, 6) is 1.58. The molecule has 3 heteroatoms. The number of alkyl halides is 1. The maximum absolute atomic E-state index is 6.00. The van der Waals surface area contributed by atoms with Crippen LogP contribution in [0.3, 0.4) is 0 Å². The Hall–Kier alpha value is -0.760. The molecule has 19 heavy (non-hydrogen) atoms. The topological polar surface area (TPSA) is 16.1 Å². The Kier molecular flexibility index (Phi) is 5.66. The minimum atomic E-state index is 0.221. The zero-order chi connectivity index (χ0) is 14.6. The van der Waals surface area contributed by atoms with Gasteiger partial charge in [-0.1, -0.05) is 34.1 Å². The Bertz CT molecular complexity index is 410. The van der Waals surface area contributed by atoms with Gasteiger partial charge in [0, 0.05) is 24.7 Å². The lowest BCUT2D eigenvalue weighted by atomic mass is 9.87. The second-order valence-electron chi connectivity index (χ2n) is 6.36. The van der Waals surface area contributed by atoms with Gasteiger partial charge in [-0.3, -0.25) is 0 Å². The van der Waals surface area contributed by atoms with Gasteiger partial charge in [-0.2, -0.15) is 0 Å². The van der Waals surface area contributed by atoms with Gasteiger partial charge >= 0.3 is 0 Å². The lowest BCUT2D eigenvalue weighted by Gasteiger charge is -2.36. The van der Waals surface area contributed by atoms with E-state index in [1.165, 1.54) is 0 Å². The third kappa shape index (κ3) is 4.38. The Morgan fingerprint density at radius 1 is 1.32 bits per heavy atom. The third-order valence-electron chi connectivity index (χ3n) is 3.78. The number of halogens is 1. The Balaban J connectivity index is 3.07. The van der Waals surface area contributed by atoms with Crippen LogP contribution < -0.4 is 4.90 Å². The van der Waals surface area contributed by atoms with Crippen molar-refractivity contribution in [2.75, 3.05) is 11.9 Å². The highest BCUT2D eigenvalue weighted by Gasteiger charge is 2.25. The smallest absolute Gasteiger partial charge is 0.129 e. The van der Waals surface area contributed by atoms with Gasteiger partial charge in [0.05, 0.1) is 0 Å². The van der Waals surface area contributed by atoms with Crippen molar-refractivity contribution in [3.05, 3.63) is 23.4 Å². The molecule has 0 aromatic carbocycles. The summed E-state index contributed by atoms with van der Waals surface area (Å²) >= 11 is 6.00. The highest BCUT2D eigenvalue weighted by Crippen LogP contribution is 2.27. The Morgan fingerprint density at radius 2 is 1.95 bits per heavy atom. The lowest BCUT2D eigenvalue weighted by Crippen LogP contribution is -2.40. The summed E-state index contributed by atoms with van der Waals surface area (Å²) in [5, 5.41) is 0. The predicted octanol–water partition coefficient (Wildman–Crippen LogP) is 4.64. The lowest BCUT2D eigenvalue weighted by molar-refractivity contribution is 0.328. The monoisotopic (exact) mass is 282 g/mol. The second-order valence-corrected chi connectivity index (χ2v) is 6.63. The summed E-state index contributed by atoms with van der Waals surface area (Å²) in [4.78, 5) is 7.03. The summed E-state index contributed by atoms with van der Waals surface area (Å²) in [5.41, 5.74) is 2.52. The summed E-state index contributed by atoms with van der Waals surface area (Å²) in [6.45, 7) is 11.2. The molecule has 1 aromatic heterocycles. The fourth-order valence-corrected chi connectivity index (χ4v) is 2.21. The molecule has 1 heterocycles. The van der Waals surface area contributed by atoms with Crippen molar-refractivity contribution >= 4 is 17.4 Å². The van der Waals surface area contributed by atoms with E-state index in [1.54, 1.807) is 0 Å². The Labute approximate surface area is 123 Å². The highest BCUT2D eigenvalue weighted by atomic mass is 35.5. The zero-order valence-corrected chi connectivity index (χ0v) is 13.9. The van der Waals surface area contributed by atoms with Gasteiger partial charge in [-0.25, -0.2) is 4.98 Å². The molecule has 0 fully saturated rings. The number of anilines is 1. The molecule has 0 aliphatic carbocycles. The van der Waals surface area contributed by atoms with Crippen LogP contribution in [-0.4, -0.2) is 18.1 Å². The molecule has 0 saturated carbocycles. The molecule has 0 aliphatic heterocycles. The van der Waals surface area contributed by atoms with Gasteiger partial charge in [0.1, 0.15) is 5.82 Å². The number of hydrogen-bond acceptors (Lipinski definition) is 2. The fraction of sp³-hybridized carbons (Fsp3) is 0.688. The number of nitrogens with zero attached hydrogens (tertiary/aromatic N) is 2. The van der Waals surface area contributed by atoms with Crippen molar-refractivity contribution in [2.45, 2.75) is 59.4 Å². The summed E-state index contributed by atoms with van der Waals surface area (Å²) in [6.07, 6.45) is 2.12. The average molecular weight is 283 g/mol. The molecule has 0 bridgehead atoms. The van der Waals surface area contributed by atoms with Crippen LogP contribution in [0.15, 0.2) is 12.1 Å². The van der Waals surface area contributed by atoms with E-state index in [2.05, 4.69) is 58.7 Å². The molecule has 0 amide bonds. The predicted molar refractivity (Wildman–Crippen MR) is 85.1 cm³/mol. The molecule has 0 aliphatic rings. The van der Waals surface area contributed by atoms with Gasteiger partial charge < -0.3 is 4.90 Å². The van der Waals surface area contributed by atoms with Crippen LogP contribution in [-0.2, 0) is 12.3 Å². The molecule has 1 atom stereocenters. The molecule has 1 unspecified atom stereocenters. The van der Waals surface area contributed by atoms with E-state index >= 15 is 0 Å². The van der Waals surface area contributed by atoms with Crippen LogP contribution in [0, 0.1) is 5.41 Å². The molecule has 0 saturated heterocycles. The number of rotatable bonds is 5. The fourth-order valence-electron chi connectivity index (χ4n) is 2.05. The quantitative estimate of drug-likeness (QED) is 0.731. The van der Waals surface area contributed by atoms with Crippen LogP contribution >= 0.6 is 11.6 Å². The largest absolute Gasteiger partial charge is 0.356 e. The molecule has 1 rings (SSSR count). The molecule has 108 valence electrons. The van der Waals surface area contributed by atoms with E-state index in [0.29, 0.717) is 11.9 Å². The van der Waals surface area contributed by atoms with Gasteiger partial charge in [0.25, 0.3) is 0 Å². The van der Waals surface area contributed by atoms with E-state index in [9.17, 15) is 0 Å². The molecule has 2 nitrogen and oxygen atoms in total. The molecule has 0 spiro atoms. The van der Waals surface area contributed by atoms with E-state index < -0.39 is 0 Å². The number of hydrogen-bond donors (Lipinski definition) is 0. The minimum absolute atomic E-state index is 0.221. The number of pyridine rings is 1. The molecular weight excluding hydrogens is 256 g/mol. The van der Waals surface area contributed by atoms with Crippen molar-refractivity contribution in [3.63, 3.8) is 0 Å². The van der Waals surface area contributed by atoms with Gasteiger partial charge in [-0.05, 0) is 36.5 Å². The average Bonchev–Trinajstić information content (AvgIpc) is 2.35. The first-order chi connectivity index (χ1) is 8.79. The van der Waals surface area contributed by atoms with Crippen molar-refractivity contribution in [3.8, 4) is 0 Å². The number of aryl methyl sites for hydroxylation is 1. The van der Waals surface area contributed by atoms with Crippen molar-refractivity contribution in [1.82, 2.24) is 4.98 Å². The van der Waals surface area contributed by atoms with Crippen molar-refractivity contribution in [1.29, 1.82) is 0 Å². The van der Waals surface area contributed by atoms with Crippen LogP contribution in [0.25, 0.3) is 0 Å². The normalized spacial score (nSPS) is 13.4. The SMILES string of the molecule is CCCc1cc(CCl)cc(N(C)C(C)C(C)(C)C)n1.